The van der Waals surface area contributed by atoms with Crippen LogP contribution in [0.5, 0.6) is 11.5 Å². The van der Waals surface area contributed by atoms with Gasteiger partial charge in [0.15, 0.2) is 11.5 Å². The van der Waals surface area contributed by atoms with Gasteiger partial charge in [0, 0.05) is 11.3 Å². The lowest BCUT2D eigenvalue weighted by Gasteiger charge is -2.55. The second kappa shape index (κ2) is 7.72. The number of esters is 1. The van der Waals surface area contributed by atoms with Crippen LogP contribution < -0.4 is 9.47 Å². The van der Waals surface area contributed by atoms with Crippen LogP contribution in [0, 0.1) is 23.2 Å². The number of allylic oxidation sites excluding steroid dienone is 1. The van der Waals surface area contributed by atoms with Crippen molar-refractivity contribution in [3.8, 4) is 11.5 Å². The molecule has 2 aliphatic heterocycles. The van der Waals surface area contributed by atoms with Crippen molar-refractivity contribution in [2.75, 3.05) is 20.0 Å². The first-order valence-corrected chi connectivity index (χ1v) is 10.9. The smallest absolute Gasteiger partial charge is 0.338 e. The van der Waals surface area contributed by atoms with E-state index in [4.69, 9.17) is 18.9 Å². The van der Waals surface area contributed by atoms with E-state index in [1.807, 2.05) is 30.3 Å². The van der Waals surface area contributed by atoms with Crippen LogP contribution in [-0.2, 0) is 9.47 Å². The van der Waals surface area contributed by atoms with Crippen molar-refractivity contribution in [2.24, 2.45) is 23.2 Å². The predicted octanol–water partition coefficient (Wildman–Crippen LogP) is 5.18. The first-order chi connectivity index (χ1) is 15.0. The Kier molecular flexibility index (Phi) is 5.01. The van der Waals surface area contributed by atoms with E-state index in [2.05, 4.69) is 32.9 Å². The van der Waals surface area contributed by atoms with Crippen LogP contribution in [0.3, 0.4) is 0 Å². The molecule has 0 aromatic heterocycles. The van der Waals surface area contributed by atoms with Crippen molar-refractivity contribution in [3.63, 3.8) is 0 Å². The lowest BCUT2D eigenvalue weighted by Crippen LogP contribution is -2.54. The molecule has 31 heavy (non-hydrogen) atoms. The lowest BCUT2D eigenvalue weighted by atomic mass is 9.56. The average molecular weight is 421 g/mol. The highest BCUT2D eigenvalue weighted by atomic mass is 16.7. The molecule has 2 bridgehead atoms. The Balaban J connectivity index is 1.40. The Morgan fingerprint density at radius 3 is 2.68 bits per heavy atom. The van der Waals surface area contributed by atoms with Gasteiger partial charge in [0.05, 0.1) is 18.3 Å². The molecule has 0 spiro atoms. The highest BCUT2D eigenvalue weighted by Gasteiger charge is 2.54. The molecule has 2 heterocycles. The third-order valence-corrected chi connectivity index (χ3v) is 7.46. The quantitative estimate of drug-likeness (QED) is 0.504. The van der Waals surface area contributed by atoms with E-state index < -0.39 is 0 Å². The second-order valence-electron chi connectivity index (χ2n) is 9.03. The van der Waals surface area contributed by atoms with Crippen LogP contribution in [0.25, 0.3) is 0 Å². The number of fused-ring (bicyclic) bond motifs is 3. The predicted molar refractivity (Wildman–Crippen MR) is 116 cm³/mol. The molecule has 0 radical (unpaired) electrons. The van der Waals surface area contributed by atoms with Gasteiger partial charge < -0.3 is 18.9 Å². The van der Waals surface area contributed by atoms with Gasteiger partial charge in [-0.2, -0.15) is 0 Å². The molecule has 5 nitrogen and oxygen atoms in total. The van der Waals surface area contributed by atoms with Crippen LogP contribution in [0.15, 0.2) is 60.2 Å². The van der Waals surface area contributed by atoms with Crippen LogP contribution in [-0.4, -0.2) is 26.0 Å². The van der Waals surface area contributed by atoms with Gasteiger partial charge in [-0.15, -0.1) is 0 Å². The summed E-state index contributed by atoms with van der Waals surface area (Å²) < 4.78 is 23.4. The van der Waals surface area contributed by atoms with Crippen LogP contribution in [0.4, 0.5) is 0 Å². The summed E-state index contributed by atoms with van der Waals surface area (Å²) in [7, 11) is 0. The minimum atomic E-state index is -0.282. The number of benzene rings is 2. The summed E-state index contributed by atoms with van der Waals surface area (Å²) in [5, 5.41) is 0. The van der Waals surface area contributed by atoms with E-state index in [-0.39, 0.29) is 36.1 Å². The third-order valence-electron chi connectivity index (χ3n) is 7.46. The topological polar surface area (TPSA) is 54.0 Å². The molecule has 0 saturated carbocycles. The zero-order valence-corrected chi connectivity index (χ0v) is 18.2. The van der Waals surface area contributed by atoms with E-state index in [9.17, 15) is 4.79 Å². The molecular formula is C26H28O5. The Labute approximate surface area is 183 Å². The molecule has 0 unspecified atom stereocenters. The fourth-order valence-corrected chi connectivity index (χ4v) is 5.51. The number of hydrogen-bond donors (Lipinski definition) is 0. The maximum Gasteiger partial charge on any atom is 0.338 e. The van der Waals surface area contributed by atoms with Crippen molar-refractivity contribution in [3.05, 3.63) is 71.3 Å². The van der Waals surface area contributed by atoms with Gasteiger partial charge in [-0.1, -0.05) is 49.8 Å². The Bertz CT molecular complexity index is 1010. The molecule has 5 atom stereocenters. The van der Waals surface area contributed by atoms with E-state index in [1.165, 1.54) is 5.57 Å². The summed E-state index contributed by atoms with van der Waals surface area (Å²) in [5.74, 6) is 2.02. The molecule has 0 N–H and O–H groups in total. The van der Waals surface area contributed by atoms with Crippen LogP contribution in [0.2, 0.25) is 0 Å². The summed E-state index contributed by atoms with van der Waals surface area (Å²) in [4.78, 5) is 12.6. The Morgan fingerprint density at radius 2 is 1.87 bits per heavy atom. The Hall–Kier alpha value is -2.79. The number of ether oxygens (including phenoxy) is 4. The highest BCUT2D eigenvalue weighted by Crippen LogP contribution is 2.56. The molecule has 0 amide bonds. The summed E-state index contributed by atoms with van der Waals surface area (Å²) in [6.07, 6.45) is 2.27. The van der Waals surface area contributed by atoms with Crippen LogP contribution in [0.1, 0.15) is 42.8 Å². The number of carbonyl (C=O) groups is 1. The van der Waals surface area contributed by atoms with Gasteiger partial charge >= 0.3 is 5.97 Å². The summed E-state index contributed by atoms with van der Waals surface area (Å²) in [5.41, 5.74) is 2.75. The average Bonchev–Trinajstić information content (AvgIpc) is 3.25. The van der Waals surface area contributed by atoms with Crippen LogP contribution >= 0.6 is 0 Å². The molecular weight excluding hydrogens is 392 g/mol. The normalized spacial score (nSPS) is 31.1. The van der Waals surface area contributed by atoms with Crippen molar-refractivity contribution in [2.45, 2.75) is 26.9 Å². The molecule has 2 aromatic carbocycles. The fraction of sp³-hybridized carbons (Fsp3) is 0.423. The molecule has 1 fully saturated rings. The monoisotopic (exact) mass is 420 g/mol. The molecule has 3 aliphatic rings. The van der Waals surface area contributed by atoms with Crippen molar-refractivity contribution < 1.29 is 23.7 Å². The molecule has 5 heteroatoms. The van der Waals surface area contributed by atoms with Gasteiger partial charge in [0.2, 0.25) is 6.79 Å². The molecule has 1 aliphatic carbocycles. The third kappa shape index (κ3) is 3.32. The molecule has 2 aromatic rings. The van der Waals surface area contributed by atoms with Gasteiger partial charge in [0.1, 0.15) is 6.61 Å². The van der Waals surface area contributed by atoms with Gasteiger partial charge in [0.25, 0.3) is 0 Å². The molecule has 162 valence electrons. The standard InChI is InChI=1S/C26H28O5/c1-16-11-17(2)26(14-29-25(27)19-7-5-4-6-8-19)13-28-24(23(16)18(26)3)20-9-10-21-22(12-20)31-15-30-21/h4-12,17-18,23-24H,13-15H2,1-3H3/t17-,18+,23-,24+,26-/m0/s1. The summed E-state index contributed by atoms with van der Waals surface area (Å²) in [6.45, 7) is 7.81. The first kappa shape index (κ1) is 20.1. The van der Waals surface area contributed by atoms with E-state index in [1.54, 1.807) is 12.1 Å². The van der Waals surface area contributed by atoms with E-state index in [0.717, 1.165) is 17.1 Å². The van der Waals surface area contributed by atoms with Crippen molar-refractivity contribution >= 4 is 5.97 Å². The van der Waals surface area contributed by atoms with E-state index in [0.29, 0.717) is 24.7 Å². The van der Waals surface area contributed by atoms with Gasteiger partial charge in [-0.25, -0.2) is 4.79 Å². The van der Waals surface area contributed by atoms with Gasteiger partial charge in [-0.3, -0.25) is 0 Å². The second-order valence-corrected chi connectivity index (χ2v) is 9.03. The maximum absolute atomic E-state index is 12.6. The van der Waals surface area contributed by atoms with Crippen molar-refractivity contribution in [1.82, 2.24) is 0 Å². The summed E-state index contributed by atoms with van der Waals surface area (Å²) >= 11 is 0. The lowest BCUT2D eigenvalue weighted by molar-refractivity contribution is -0.166. The Morgan fingerprint density at radius 1 is 1.10 bits per heavy atom. The number of rotatable bonds is 4. The number of hydrogen-bond acceptors (Lipinski definition) is 5. The number of carbonyl (C=O) groups excluding carboxylic acids is 1. The van der Waals surface area contributed by atoms with Gasteiger partial charge in [-0.05, 0) is 48.6 Å². The van der Waals surface area contributed by atoms with Crippen molar-refractivity contribution in [1.29, 1.82) is 0 Å². The van der Waals surface area contributed by atoms with E-state index >= 15 is 0 Å². The molecule has 5 rings (SSSR count). The summed E-state index contributed by atoms with van der Waals surface area (Å²) in [6, 6.07) is 15.2. The molecule has 1 saturated heterocycles. The minimum absolute atomic E-state index is 0.0637. The minimum Gasteiger partial charge on any atom is -0.461 e. The highest BCUT2D eigenvalue weighted by molar-refractivity contribution is 5.89. The SMILES string of the molecule is CC1=C[C@H](C)[C@@]2(COC(=O)c3ccccc3)CO[C@H](c3ccc4c(c3)OCO4)[C@@H]1[C@H]2C. The first-order valence-electron chi connectivity index (χ1n) is 10.9. The zero-order valence-electron chi connectivity index (χ0n) is 18.2. The zero-order chi connectivity index (χ0) is 21.6. The fourth-order valence-electron chi connectivity index (χ4n) is 5.51. The maximum atomic E-state index is 12.6. The largest absolute Gasteiger partial charge is 0.461 e.